The predicted octanol–water partition coefficient (Wildman–Crippen LogP) is 2.22. The summed E-state index contributed by atoms with van der Waals surface area (Å²) in [5.41, 5.74) is 9.75. The minimum Gasteiger partial charge on any atom is -0.496 e. The molecule has 6 nitrogen and oxygen atoms in total. The quantitative estimate of drug-likeness (QED) is 0.866. The number of nitrogens with zero attached hydrogens (tertiary/aromatic N) is 2. The standard InChI is InChI=1S/C19H25N3O3/c1-12-18(25-3)9-16(19(20)21-12)15-8-13(4-5-17(15)24-2)10-22-7-6-14(23)11-22/h4-5,8-9,14,23H,6-7,10-11H2,1-3H3,(H2,20,21)/t14-/m1/s1. The van der Waals surface area contributed by atoms with Crippen molar-refractivity contribution in [3.8, 4) is 22.6 Å². The van der Waals surface area contributed by atoms with E-state index in [0.717, 1.165) is 47.6 Å². The molecule has 0 spiro atoms. The molecule has 0 amide bonds. The zero-order valence-corrected chi connectivity index (χ0v) is 15.0. The molecule has 1 atom stereocenters. The molecule has 2 heterocycles. The van der Waals surface area contributed by atoms with Gasteiger partial charge in [0.1, 0.15) is 17.3 Å². The minimum absolute atomic E-state index is 0.223. The topological polar surface area (TPSA) is 80.8 Å². The summed E-state index contributed by atoms with van der Waals surface area (Å²) in [6.45, 7) is 4.27. The fourth-order valence-electron chi connectivity index (χ4n) is 3.31. The smallest absolute Gasteiger partial charge is 0.140 e. The number of aromatic nitrogens is 1. The van der Waals surface area contributed by atoms with Crippen molar-refractivity contribution < 1.29 is 14.6 Å². The van der Waals surface area contributed by atoms with Gasteiger partial charge in [-0.05, 0) is 37.1 Å². The number of anilines is 1. The number of aliphatic hydroxyl groups excluding tert-OH is 1. The number of rotatable bonds is 5. The fourth-order valence-corrected chi connectivity index (χ4v) is 3.31. The van der Waals surface area contributed by atoms with E-state index in [1.165, 1.54) is 0 Å². The Labute approximate surface area is 148 Å². The summed E-state index contributed by atoms with van der Waals surface area (Å²) in [4.78, 5) is 6.64. The van der Waals surface area contributed by atoms with Crippen LogP contribution in [0.3, 0.4) is 0 Å². The second-order valence-electron chi connectivity index (χ2n) is 6.42. The first-order valence-electron chi connectivity index (χ1n) is 8.40. The molecule has 134 valence electrons. The van der Waals surface area contributed by atoms with E-state index in [9.17, 15) is 5.11 Å². The molecule has 3 N–H and O–H groups in total. The second-order valence-corrected chi connectivity index (χ2v) is 6.42. The summed E-state index contributed by atoms with van der Waals surface area (Å²) in [6.07, 6.45) is 0.605. The Hall–Kier alpha value is -2.31. The normalized spacial score (nSPS) is 17.7. The molecule has 1 saturated heterocycles. The summed E-state index contributed by atoms with van der Waals surface area (Å²) >= 11 is 0. The first-order valence-corrected chi connectivity index (χ1v) is 8.40. The molecular formula is C19H25N3O3. The Kier molecular flexibility index (Phi) is 5.11. The monoisotopic (exact) mass is 343 g/mol. The zero-order valence-electron chi connectivity index (χ0n) is 15.0. The highest BCUT2D eigenvalue weighted by molar-refractivity contribution is 5.80. The fraction of sp³-hybridized carbons (Fsp3) is 0.421. The lowest BCUT2D eigenvalue weighted by Gasteiger charge is -2.18. The molecule has 1 aliphatic rings. The minimum atomic E-state index is -0.223. The average molecular weight is 343 g/mol. The number of pyridine rings is 1. The number of ether oxygens (including phenoxy) is 2. The van der Waals surface area contributed by atoms with Gasteiger partial charge in [0.05, 0.1) is 26.0 Å². The third-order valence-corrected chi connectivity index (χ3v) is 4.62. The van der Waals surface area contributed by atoms with E-state index in [-0.39, 0.29) is 6.10 Å². The van der Waals surface area contributed by atoms with Crippen LogP contribution in [0.25, 0.3) is 11.1 Å². The van der Waals surface area contributed by atoms with Crippen molar-refractivity contribution >= 4 is 5.82 Å². The zero-order chi connectivity index (χ0) is 18.0. The lowest BCUT2D eigenvalue weighted by atomic mass is 10.0. The number of nitrogens with two attached hydrogens (primary N) is 1. The van der Waals surface area contributed by atoms with Crippen LogP contribution < -0.4 is 15.2 Å². The maximum absolute atomic E-state index is 9.71. The number of likely N-dealkylation sites (tertiary alicyclic amines) is 1. The van der Waals surface area contributed by atoms with Crippen LogP contribution in [0.15, 0.2) is 24.3 Å². The highest BCUT2D eigenvalue weighted by atomic mass is 16.5. The van der Waals surface area contributed by atoms with E-state index in [1.54, 1.807) is 14.2 Å². The Morgan fingerprint density at radius 2 is 1.96 bits per heavy atom. The molecule has 0 radical (unpaired) electrons. The maximum atomic E-state index is 9.71. The number of aryl methyl sites for hydroxylation is 1. The van der Waals surface area contributed by atoms with Crippen molar-refractivity contribution in [2.24, 2.45) is 0 Å². The molecule has 25 heavy (non-hydrogen) atoms. The molecule has 2 aromatic rings. The van der Waals surface area contributed by atoms with Gasteiger partial charge in [0.2, 0.25) is 0 Å². The highest BCUT2D eigenvalue weighted by Gasteiger charge is 2.21. The van der Waals surface area contributed by atoms with Crippen molar-refractivity contribution in [1.29, 1.82) is 0 Å². The molecule has 6 heteroatoms. The van der Waals surface area contributed by atoms with Crippen LogP contribution in [0.5, 0.6) is 11.5 Å². The van der Waals surface area contributed by atoms with Crippen LogP contribution in [0, 0.1) is 6.92 Å². The first-order chi connectivity index (χ1) is 12.0. The Bertz CT molecular complexity index is 764. The molecule has 1 fully saturated rings. The Morgan fingerprint density at radius 3 is 2.60 bits per heavy atom. The molecule has 3 rings (SSSR count). The molecule has 1 aromatic carbocycles. The van der Waals surface area contributed by atoms with Gasteiger partial charge < -0.3 is 20.3 Å². The van der Waals surface area contributed by atoms with E-state index in [2.05, 4.69) is 16.0 Å². The second kappa shape index (κ2) is 7.29. The number of hydrogen-bond donors (Lipinski definition) is 2. The van der Waals surface area contributed by atoms with Gasteiger partial charge >= 0.3 is 0 Å². The number of β-amino-alcohol motifs (C(OH)–C–C–N with tert-alkyl or cyclic N) is 1. The van der Waals surface area contributed by atoms with Crippen molar-refractivity contribution in [2.75, 3.05) is 33.0 Å². The molecule has 0 saturated carbocycles. The van der Waals surface area contributed by atoms with Gasteiger partial charge in [-0.3, -0.25) is 4.90 Å². The van der Waals surface area contributed by atoms with Gasteiger partial charge in [0.25, 0.3) is 0 Å². The molecule has 0 bridgehead atoms. The summed E-state index contributed by atoms with van der Waals surface area (Å²) in [5, 5.41) is 9.71. The van der Waals surface area contributed by atoms with Gasteiger partial charge in [-0.25, -0.2) is 4.98 Å². The maximum Gasteiger partial charge on any atom is 0.140 e. The third-order valence-electron chi connectivity index (χ3n) is 4.62. The van der Waals surface area contributed by atoms with Gasteiger partial charge in [0.15, 0.2) is 0 Å². The van der Waals surface area contributed by atoms with Crippen LogP contribution >= 0.6 is 0 Å². The predicted molar refractivity (Wildman–Crippen MR) is 97.8 cm³/mol. The largest absolute Gasteiger partial charge is 0.496 e. The lowest BCUT2D eigenvalue weighted by molar-refractivity contribution is 0.175. The Morgan fingerprint density at radius 1 is 1.20 bits per heavy atom. The number of benzene rings is 1. The first kappa shape index (κ1) is 17.5. The van der Waals surface area contributed by atoms with E-state index < -0.39 is 0 Å². The van der Waals surface area contributed by atoms with Gasteiger partial charge in [-0.15, -0.1) is 0 Å². The number of methoxy groups -OCH3 is 2. The number of nitrogen functional groups attached to an aromatic ring is 1. The third kappa shape index (κ3) is 3.70. The van der Waals surface area contributed by atoms with Crippen molar-refractivity contribution in [1.82, 2.24) is 9.88 Å². The van der Waals surface area contributed by atoms with Crippen LogP contribution in [-0.2, 0) is 6.54 Å². The van der Waals surface area contributed by atoms with Crippen LogP contribution in [0.1, 0.15) is 17.7 Å². The summed E-state index contributed by atoms with van der Waals surface area (Å²) < 4.78 is 10.9. The van der Waals surface area contributed by atoms with Gasteiger partial charge in [-0.1, -0.05) is 6.07 Å². The van der Waals surface area contributed by atoms with Crippen LogP contribution in [0.4, 0.5) is 5.82 Å². The summed E-state index contributed by atoms with van der Waals surface area (Å²) in [5.74, 6) is 1.88. The van der Waals surface area contributed by atoms with Crippen LogP contribution in [-0.4, -0.2) is 48.4 Å². The Balaban J connectivity index is 1.98. The molecular weight excluding hydrogens is 318 g/mol. The van der Waals surface area contributed by atoms with E-state index in [1.807, 2.05) is 25.1 Å². The number of aliphatic hydroxyl groups is 1. The van der Waals surface area contributed by atoms with Crippen LogP contribution in [0.2, 0.25) is 0 Å². The van der Waals surface area contributed by atoms with Crippen molar-refractivity contribution in [3.63, 3.8) is 0 Å². The van der Waals surface area contributed by atoms with E-state index in [0.29, 0.717) is 18.1 Å². The van der Waals surface area contributed by atoms with E-state index >= 15 is 0 Å². The molecule has 0 unspecified atom stereocenters. The highest BCUT2D eigenvalue weighted by Crippen LogP contribution is 2.37. The molecule has 1 aromatic heterocycles. The van der Waals surface area contributed by atoms with Crippen molar-refractivity contribution in [2.45, 2.75) is 26.0 Å². The average Bonchev–Trinajstić information content (AvgIpc) is 3.00. The molecule has 1 aliphatic heterocycles. The van der Waals surface area contributed by atoms with Crippen molar-refractivity contribution in [3.05, 3.63) is 35.5 Å². The SMILES string of the molecule is COc1ccc(CN2CC[C@@H](O)C2)cc1-c1cc(OC)c(C)nc1N. The van der Waals surface area contributed by atoms with E-state index in [4.69, 9.17) is 15.2 Å². The lowest BCUT2D eigenvalue weighted by Crippen LogP contribution is -2.21. The van der Waals surface area contributed by atoms with Gasteiger partial charge in [0, 0.05) is 30.8 Å². The summed E-state index contributed by atoms with van der Waals surface area (Å²) in [7, 11) is 3.26. The molecule has 0 aliphatic carbocycles. The van der Waals surface area contributed by atoms with Gasteiger partial charge in [-0.2, -0.15) is 0 Å². The number of hydrogen-bond acceptors (Lipinski definition) is 6. The summed E-state index contributed by atoms with van der Waals surface area (Å²) in [6, 6.07) is 7.97.